The molecule has 6 heteroatoms. The van der Waals surface area contributed by atoms with Crippen LogP contribution in [0.15, 0.2) is 24.3 Å². The number of carbonyl (C=O) groups is 1. The molecule has 1 aromatic carbocycles. The number of piperidine rings is 1. The highest BCUT2D eigenvalue weighted by atomic mass is 35.5. The summed E-state index contributed by atoms with van der Waals surface area (Å²) >= 11 is 5.85. The van der Waals surface area contributed by atoms with Crippen LogP contribution in [-0.4, -0.2) is 53.6 Å². The second-order valence-corrected chi connectivity index (χ2v) is 9.27. The summed E-state index contributed by atoms with van der Waals surface area (Å²) in [4.78, 5) is 14.5. The van der Waals surface area contributed by atoms with E-state index in [0.29, 0.717) is 36.6 Å². The van der Waals surface area contributed by atoms with E-state index < -0.39 is 11.8 Å². The number of carbonyl (C=O) groups excluding carboxylic acids is 1. The molecule has 0 aliphatic carbocycles. The zero-order valence-corrected chi connectivity index (χ0v) is 17.7. The number of hydrogen-bond donors (Lipinski definition) is 0. The zero-order valence-electron chi connectivity index (χ0n) is 17.0. The maximum atomic E-state index is 12.2. The number of nitrogens with zero attached hydrogens (tertiary/aromatic N) is 1. The van der Waals surface area contributed by atoms with E-state index in [0.717, 1.165) is 0 Å². The lowest BCUT2D eigenvalue weighted by atomic mass is 9.76. The Hall–Kier alpha value is -1.58. The molecular weight excluding hydrogens is 378 g/mol. The van der Waals surface area contributed by atoms with E-state index in [9.17, 15) is 4.79 Å². The number of benzene rings is 1. The quantitative estimate of drug-likeness (QED) is 0.561. The van der Waals surface area contributed by atoms with Crippen LogP contribution >= 0.6 is 11.6 Å². The normalized spacial score (nSPS) is 25.4. The van der Waals surface area contributed by atoms with Crippen molar-refractivity contribution in [2.45, 2.75) is 63.5 Å². The van der Waals surface area contributed by atoms with E-state index in [1.165, 1.54) is 0 Å². The third kappa shape index (κ3) is 4.36. The highest BCUT2D eigenvalue weighted by Crippen LogP contribution is 2.48. The van der Waals surface area contributed by atoms with Gasteiger partial charge in [-0.25, -0.2) is 4.79 Å². The summed E-state index contributed by atoms with van der Waals surface area (Å²) < 4.78 is 17.9. The smallest absolute Gasteiger partial charge is 0.338 e. The van der Waals surface area contributed by atoms with Crippen molar-refractivity contribution in [2.75, 3.05) is 19.8 Å². The minimum atomic E-state index is -0.685. The number of rotatable bonds is 4. The van der Waals surface area contributed by atoms with Crippen LogP contribution < -0.4 is 0 Å². The van der Waals surface area contributed by atoms with E-state index in [4.69, 9.17) is 32.2 Å². The van der Waals surface area contributed by atoms with Gasteiger partial charge in [0, 0.05) is 28.9 Å². The molecule has 0 radical (unpaired) electrons. The van der Waals surface area contributed by atoms with E-state index in [2.05, 4.69) is 38.5 Å². The summed E-state index contributed by atoms with van der Waals surface area (Å²) in [5, 5.41) is 0.576. The molecule has 1 aromatic rings. The fraction of sp³-hybridized carbons (Fsp3) is 0.591. The van der Waals surface area contributed by atoms with Crippen LogP contribution in [0.4, 0.5) is 0 Å². The highest BCUT2D eigenvalue weighted by molar-refractivity contribution is 6.30. The first-order valence-electron chi connectivity index (χ1n) is 9.53. The van der Waals surface area contributed by atoms with Crippen LogP contribution in [0.5, 0.6) is 0 Å². The molecule has 2 aliphatic heterocycles. The van der Waals surface area contributed by atoms with Gasteiger partial charge in [0.1, 0.15) is 12.7 Å². The van der Waals surface area contributed by atoms with Gasteiger partial charge in [0.2, 0.25) is 0 Å². The Labute approximate surface area is 172 Å². The van der Waals surface area contributed by atoms with Gasteiger partial charge in [-0.15, -0.1) is 6.42 Å². The molecular formula is C22H28ClNO4. The first-order valence-corrected chi connectivity index (χ1v) is 9.90. The molecule has 5 nitrogen and oxygen atoms in total. The molecule has 1 unspecified atom stereocenters. The number of likely N-dealkylation sites (tertiary alicyclic amines) is 1. The maximum absolute atomic E-state index is 12.2. The largest absolute Gasteiger partial charge is 0.459 e. The van der Waals surface area contributed by atoms with Crippen molar-refractivity contribution >= 4 is 17.6 Å². The molecule has 152 valence electrons. The van der Waals surface area contributed by atoms with Gasteiger partial charge >= 0.3 is 5.97 Å². The predicted molar refractivity (Wildman–Crippen MR) is 108 cm³/mol. The molecule has 0 amide bonds. The summed E-state index contributed by atoms with van der Waals surface area (Å²) in [5.74, 6) is 1.68. The third-order valence-electron chi connectivity index (χ3n) is 5.51. The van der Waals surface area contributed by atoms with E-state index in [1.807, 2.05) is 0 Å². The predicted octanol–water partition coefficient (Wildman–Crippen LogP) is 3.89. The van der Waals surface area contributed by atoms with Gasteiger partial charge < -0.3 is 14.2 Å². The molecule has 2 aliphatic rings. The molecule has 0 aromatic heterocycles. The van der Waals surface area contributed by atoms with Crippen LogP contribution in [0.2, 0.25) is 5.02 Å². The standard InChI is InChI=1S/C22H28ClNO4/c1-6-11-24-20(2,3)14-22(15-21(24,4)5)27-13-18(28-22)12-26-19(25)16-7-9-17(23)10-8-16/h1,7-10,18H,11-15H2,2-5H3. The van der Waals surface area contributed by atoms with Gasteiger partial charge in [0.15, 0.2) is 5.79 Å². The minimum absolute atomic E-state index is 0.151. The van der Waals surface area contributed by atoms with Crippen LogP contribution in [0.25, 0.3) is 0 Å². The maximum Gasteiger partial charge on any atom is 0.338 e. The van der Waals surface area contributed by atoms with Crippen LogP contribution in [0.3, 0.4) is 0 Å². The summed E-state index contributed by atoms with van der Waals surface area (Å²) in [7, 11) is 0. The van der Waals surface area contributed by atoms with Crippen LogP contribution in [-0.2, 0) is 14.2 Å². The van der Waals surface area contributed by atoms with Gasteiger partial charge in [-0.1, -0.05) is 17.5 Å². The topological polar surface area (TPSA) is 48.0 Å². The van der Waals surface area contributed by atoms with Crippen LogP contribution in [0, 0.1) is 12.3 Å². The third-order valence-corrected chi connectivity index (χ3v) is 5.76. The Morgan fingerprint density at radius 2 is 1.86 bits per heavy atom. The lowest BCUT2D eigenvalue weighted by Gasteiger charge is -2.57. The molecule has 0 saturated carbocycles. The molecule has 2 heterocycles. The first-order chi connectivity index (χ1) is 13.1. The molecule has 28 heavy (non-hydrogen) atoms. The van der Waals surface area contributed by atoms with Crippen molar-refractivity contribution in [1.82, 2.24) is 4.90 Å². The average molecular weight is 406 g/mol. The number of ether oxygens (including phenoxy) is 3. The van der Waals surface area contributed by atoms with Crippen molar-refractivity contribution in [1.29, 1.82) is 0 Å². The molecule has 2 fully saturated rings. The summed E-state index contributed by atoms with van der Waals surface area (Å²) in [5.41, 5.74) is 0.106. The van der Waals surface area contributed by atoms with Gasteiger partial charge in [-0.2, -0.15) is 0 Å². The summed E-state index contributed by atoms with van der Waals surface area (Å²) in [6.45, 7) is 9.77. The summed E-state index contributed by atoms with van der Waals surface area (Å²) in [6, 6.07) is 6.61. The SMILES string of the molecule is C#CCN1C(C)(C)CC2(CC1(C)C)OCC(COC(=O)c1ccc(Cl)cc1)O2. The Morgan fingerprint density at radius 3 is 2.43 bits per heavy atom. The fourth-order valence-electron chi connectivity index (χ4n) is 4.63. The molecule has 1 spiro atoms. The Kier molecular flexibility index (Phi) is 5.80. The fourth-order valence-corrected chi connectivity index (χ4v) is 4.76. The van der Waals surface area contributed by atoms with Gasteiger partial charge in [0.05, 0.1) is 18.7 Å². The van der Waals surface area contributed by atoms with Crippen molar-refractivity contribution in [3.63, 3.8) is 0 Å². The van der Waals surface area contributed by atoms with E-state index in [1.54, 1.807) is 24.3 Å². The molecule has 2 saturated heterocycles. The number of esters is 1. The highest BCUT2D eigenvalue weighted by Gasteiger charge is 2.56. The van der Waals surface area contributed by atoms with Gasteiger partial charge in [0.25, 0.3) is 0 Å². The first kappa shape index (κ1) is 21.1. The lowest BCUT2D eigenvalue weighted by molar-refractivity contribution is -0.245. The van der Waals surface area contributed by atoms with Crippen molar-refractivity contribution < 1.29 is 19.0 Å². The lowest BCUT2D eigenvalue weighted by Crippen LogP contribution is -2.65. The van der Waals surface area contributed by atoms with Gasteiger partial charge in [-0.3, -0.25) is 4.90 Å². The Bertz CT molecular complexity index is 748. The van der Waals surface area contributed by atoms with E-state index in [-0.39, 0.29) is 23.8 Å². The van der Waals surface area contributed by atoms with Crippen molar-refractivity contribution in [3.05, 3.63) is 34.9 Å². The van der Waals surface area contributed by atoms with Gasteiger partial charge in [-0.05, 0) is 52.0 Å². The second kappa shape index (κ2) is 7.68. The monoisotopic (exact) mass is 405 g/mol. The average Bonchev–Trinajstić information content (AvgIpc) is 2.97. The van der Waals surface area contributed by atoms with E-state index >= 15 is 0 Å². The number of terminal acetylenes is 1. The Balaban J connectivity index is 1.62. The molecule has 0 bridgehead atoms. The van der Waals surface area contributed by atoms with Crippen molar-refractivity contribution in [2.24, 2.45) is 0 Å². The second-order valence-electron chi connectivity index (χ2n) is 8.84. The number of hydrogen-bond acceptors (Lipinski definition) is 5. The molecule has 1 atom stereocenters. The zero-order chi connectivity index (χ0) is 20.6. The summed E-state index contributed by atoms with van der Waals surface area (Å²) in [6.07, 6.45) is 6.70. The minimum Gasteiger partial charge on any atom is -0.459 e. The molecule has 3 rings (SSSR count). The number of halogens is 1. The molecule has 0 N–H and O–H groups in total. The Morgan fingerprint density at radius 1 is 1.25 bits per heavy atom. The van der Waals surface area contributed by atoms with Crippen LogP contribution in [0.1, 0.15) is 50.9 Å². The van der Waals surface area contributed by atoms with Crippen molar-refractivity contribution in [3.8, 4) is 12.3 Å².